The third-order valence-electron chi connectivity index (χ3n) is 4.03. The summed E-state index contributed by atoms with van der Waals surface area (Å²) in [6, 6.07) is 8.84. The van der Waals surface area contributed by atoms with Gasteiger partial charge in [-0.05, 0) is 41.2 Å². The summed E-state index contributed by atoms with van der Waals surface area (Å²) in [5.41, 5.74) is 2.16. The Bertz CT molecular complexity index is 788. The van der Waals surface area contributed by atoms with E-state index in [2.05, 4.69) is 0 Å². The zero-order chi connectivity index (χ0) is 17.3. The van der Waals surface area contributed by atoms with Crippen molar-refractivity contribution in [3.63, 3.8) is 0 Å². The normalized spacial score (nSPS) is 16.8. The van der Waals surface area contributed by atoms with Gasteiger partial charge in [-0.15, -0.1) is 11.8 Å². The van der Waals surface area contributed by atoms with Gasteiger partial charge in [-0.3, -0.25) is 0 Å². The first-order valence-corrected chi connectivity index (χ1v) is 8.83. The van der Waals surface area contributed by atoms with Crippen LogP contribution in [0.25, 0.3) is 0 Å². The summed E-state index contributed by atoms with van der Waals surface area (Å²) < 4.78 is 41.0. The second-order valence-electron chi connectivity index (χ2n) is 5.77. The zero-order valence-electron chi connectivity index (χ0n) is 13.5. The quantitative estimate of drug-likeness (QED) is 0.684. The van der Waals surface area contributed by atoms with Gasteiger partial charge in [0.05, 0.1) is 5.03 Å². The van der Waals surface area contributed by atoms with E-state index in [4.69, 9.17) is 0 Å². The number of rotatable bonds is 4. The van der Waals surface area contributed by atoms with E-state index in [1.54, 1.807) is 17.8 Å². The number of fused-ring (bicyclic) bond motifs is 1. The predicted octanol–water partition coefficient (Wildman–Crippen LogP) is 5.82. The van der Waals surface area contributed by atoms with Crippen molar-refractivity contribution in [2.24, 2.45) is 0 Å². The second-order valence-corrected chi connectivity index (χ2v) is 7.05. The number of hydrogen-bond acceptors (Lipinski definition) is 2. The van der Waals surface area contributed by atoms with Crippen molar-refractivity contribution in [2.75, 3.05) is 10.7 Å². The molecule has 0 aliphatic carbocycles. The minimum atomic E-state index is -0.868. The predicted molar refractivity (Wildman–Crippen MR) is 93.6 cm³/mol. The maximum Gasteiger partial charge on any atom is 0.160 e. The molecule has 1 atom stereocenters. The van der Waals surface area contributed by atoms with Crippen LogP contribution in [0.4, 0.5) is 18.9 Å². The maximum absolute atomic E-state index is 13.8. The Labute approximate surface area is 144 Å². The first-order valence-electron chi connectivity index (χ1n) is 7.85. The van der Waals surface area contributed by atoms with Gasteiger partial charge in [0, 0.05) is 24.2 Å². The molecule has 0 radical (unpaired) electrons. The number of allylic oxidation sites excluding steroid dienone is 1. The first-order chi connectivity index (χ1) is 11.5. The highest BCUT2D eigenvalue weighted by Gasteiger charge is 2.26. The highest BCUT2D eigenvalue weighted by atomic mass is 32.2. The fraction of sp³-hybridized carbons (Fsp3) is 0.263. The number of hydrogen-bond donors (Lipinski definition) is 0. The Morgan fingerprint density at radius 2 is 1.83 bits per heavy atom. The molecule has 2 aromatic carbocycles. The van der Waals surface area contributed by atoms with Crippen molar-refractivity contribution in [3.8, 4) is 0 Å². The highest BCUT2D eigenvalue weighted by molar-refractivity contribution is 8.03. The van der Waals surface area contributed by atoms with Crippen molar-refractivity contribution in [1.29, 1.82) is 0 Å². The van der Waals surface area contributed by atoms with Crippen LogP contribution in [0.15, 0.2) is 47.5 Å². The summed E-state index contributed by atoms with van der Waals surface area (Å²) in [4.78, 5) is 1.93. The molecule has 0 saturated carbocycles. The second kappa shape index (κ2) is 6.93. The molecule has 2 aromatic rings. The van der Waals surface area contributed by atoms with Crippen LogP contribution in [0, 0.1) is 17.5 Å². The molecule has 0 saturated heterocycles. The molecule has 1 unspecified atom stereocenters. The lowest BCUT2D eigenvalue weighted by atomic mass is 9.95. The lowest BCUT2D eigenvalue weighted by molar-refractivity contribution is 0.506. The molecule has 3 rings (SSSR count). The van der Waals surface area contributed by atoms with Gasteiger partial charge in [0.2, 0.25) is 0 Å². The van der Waals surface area contributed by atoms with Crippen LogP contribution in [-0.2, 0) is 6.54 Å². The summed E-state index contributed by atoms with van der Waals surface area (Å²) in [6.45, 7) is 4.41. The third-order valence-corrected chi connectivity index (χ3v) is 4.97. The zero-order valence-corrected chi connectivity index (χ0v) is 14.3. The van der Waals surface area contributed by atoms with Crippen molar-refractivity contribution < 1.29 is 13.2 Å². The molecule has 1 aliphatic heterocycles. The van der Waals surface area contributed by atoms with Gasteiger partial charge < -0.3 is 4.90 Å². The molecule has 1 nitrogen and oxygen atoms in total. The van der Waals surface area contributed by atoms with Crippen LogP contribution in [-0.4, -0.2) is 5.75 Å². The molecule has 0 fully saturated rings. The maximum atomic E-state index is 13.8. The Kier molecular flexibility index (Phi) is 4.90. The molecule has 24 heavy (non-hydrogen) atoms. The van der Waals surface area contributed by atoms with Crippen LogP contribution in [0.3, 0.4) is 0 Å². The van der Waals surface area contributed by atoms with Gasteiger partial charge in [-0.25, -0.2) is 13.2 Å². The Balaban J connectivity index is 2.06. The average molecular weight is 349 g/mol. The highest BCUT2D eigenvalue weighted by Crippen LogP contribution is 2.42. The van der Waals surface area contributed by atoms with E-state index < -0.39 is 11.6 Å². The average Bonchev–Trinajstić information content (AvgIpc) is 2.53. The van der Waals surface area contributed by atoms with E-state index >= 15 is 0 Å². The lowest BCUT2D eigenvalue weighted by Gasteiger charge is -2.34. The molecule has 126 valence electrons. The summed E-state index contributed by atoms with van der Waals surface area (Å²) in [5, 5.41) is 0.979. The van der Waals surface area contributed by atoms with Crippen molar-refractivity contribution in [2.45, 2.75) is 26.3 Å². The largest absolute Gasteiger partial charge is 0.332 e. The fourth-order valence-electron chi connectivity index (χ4n) is 2.92. The van der Waals surface area contributed by atoms with E-state index in [1.165, 1.54) is 24.3 Å². The number of thioether (sulfide) groups is 1. The lowest BCUT2D eigenvalue weighted by Crippen LogP contribution is -2.26. The number of benzene rings is 2. The molecule has 0 spiro atoms. The Morgan fingerprint density at radius 3 is 2.54 bits per heavy atom. The van der Waals surface area contributed by atoms with Crippen molar-refractivity contribution in [3.05, 3.63) is 76.1 Å². The standard InChI is InChI=1S/C19H18F3NS/c1-3-24-19-7-12(2)15-9-16(21)17(22)10-18(15)23(19)11-13-5-4-6-14(20)8-13/h4-10,12H,3,11H2,1-2H3. The van der Waals surface area contributed by atoms with Crippen LogP contribution in [0.2, 0.25) is 0 Å². The molecular formula is C19H18F3NS. The van der Waals surface area contributed by atoms with E-state index in [-0.39, 0.29) is 11.7 Å². The number of nitrogens with zero attached hydrogens (tertiary/aromatic N) is 1. The summed E-state index contributed by atoms with van der Waals surface area (Å²) in [7, 11) is 0. The van der Waals surface area contributed by atoms with Gasteiger partial charge in [-0.1, -0.05) is 26.0 Å². The van der Waals surface area contributed by atoms with E-state index in [9.17, 15) is 13.2 Å². The SMILES string of the molecule is CCSC1=CC(C)c2cc(F)c(F)cc2N1Cc1cccc(F)c1. The third kappa shape index (κ3) is 3.31. The fourth-order valence-corrected chi connectivity index (χ4v) is 3.83. The van der Waals surface area contributed by atoms with Gasteiger partial charge >= 0.3 is 0 Å². The summed E-state index contributed by atoms with van der Waals surface area (Å²) in [6.07, 6.45) is 2.05. The summed E-state index contributed by atoms with van der Waals surface area (Å²) in [5.74, 6) is -1.17. The summed E-state index contributed by atoms with van der Waals surface area (Å²) >= 11 is 1.64. The van der Waals surface area contributed by atoms with Gasteiger partial charge in [-0.2, -0.15) is 0 Å². The molecule has 1 heterocycles. The smallest absolute Gasteiger partial charge is 0.160 e. The Hall–Kier alpha value is -1.88. The first kappa shape index (κ1) is 17.0. The van der Waals surface area contributed by atoms with Crippen molar-refractivity contribution >= 4 is 17.4 Å². The molecule has 0 aromatic heterocycles. The molecular weight excluding hydrogens is 331 g/mol. The molecule has 0 N–H and O–H groups in total. The molecule has 0 amide bonds. The molecule has 1 aliphatic rings. The van der Waals surface area contributed by atoms with Crippen LogP contribution in [0.5, 0.6) is 0 Å². The Morgan fingerprint density at radius 1 is 1.08 bits per heavy atom. The van der Waals surface area contributed by atoms with Crippen molar-refractivity contribution in [1.82, 2.24) is 0 Å². The van der Waals surface area contributed by atoms with E-state index in [0.717, 1.165) is 21.9 Å². The minimum Gasteiger partial charge on any atom is -0.332 e. The van der Waals surface area contributed by atoms with Crippen LogP contribution >= 0.6 is 11.8 Å². The van der Waals surface area contributed by atoms with Crippen LogP contribution in [0.1, 0.15) is 30.9 Å². The topological polar surface area (TPSA) is 3.24 Å². The van der Waals surface area contributed by atoms with Crippen LogP contribution < -0.4 is 4.90 Å². The van der Waals surface area contributed by atoms with Gasteiger partial charge in [0.1, 0.15) is 5.82 Å². The number of anilines is 1. The molecule has 5 heteroatoms. The van der Waals surface area contributed by atoms with E-state index in [1.807, 2.05) is 30.9 Å². The van der Waals surface area contributed by atoms with E-state index in [0.29, 0.717) is 12.2 Å². The number of halogens is 3. The molecule has 0 bridgehead atoms. The minimum absolute atomic E-state index is 0.00657. The monoisotopic (exact) mass is 349 g/mol. The van der Waals surface area contributed by atoms with Gasteiger partial charge in [0.15, 0.2) is 11.6 Å². The van der Waals surface area contributed by atoms with Gasteiger partial charge in [0.25, 0.3) is 0 Å².